The van der Waals surface area contributed by atoms with Gasteiger partial charge in [0.15, 0.2) is 0 Å². The minimum Gasteiger partial charge on any atom is -0.349 e. The number of hydrogen-bond donors (Lipinski definition) is 1. The predicted octanol–water partition coefficient (Wildman–Crippen LogP) is 4.06. The van der Waals surface area contributed by atoms with Crippen molar-refractivity contribution < 1.29 is 4.79 Å². The van der Waals surface area contributed by atoms with Crippen LogP contribution in [0.2, 0.25) is 0 Å². The molecule has 0 radical (unpaired) electrons. The number of rotatable bonds is 3. The normalized spacial score (nSPS) is 25.8. The first-order valence-corrected chi connectivity index (χ1v) is 7.19. The Labute approximate surface area is 124 Å². The molecule has 0 spiro atoms. The third-order valence-corrected chi connectivity index (χ3v) is 5.11. The molecule has 1 aromatic rings. The lowest BCUT2D eigenvalue weighted by molar-refractivity contribution is -0.126. The van der Waals surface area contributed by atoms with Crippen molar-refractivity contribution in [1.29, 1.82) is 0 Å². The zero-order chi connectivity index (χ0) is 14.4. The molecule has 0 aromatic heterocycles. The Morgan fingerprint density at radius 2 is 1.95 bits per heavy atom. The summed E-state index contributed by atoms with van der Waals surface area (Å²) in [7, 11) is 0. The molecule has 1 saturated carbocycles. The molecule has 1 N–H and O–H groups in total. The van der Waals surface area contributed by atoms with Gasteiger partial charge in [0.25, 0.3) is 0 Å². The van der Waals surface area contributed by atoms with E-state index in [9.17, 15) is 4.79 Å². The largest absolute Gasteiger partial charge is 0.349 e. The summed E-state index contributed by atoms with van der Waals surface area (Å²) in [6, 6.07) is 6.19. The third-order valence-electron chi connectivity index (χ3n) is 4.01. The van der Waals surface area contributed by atoms with E-state index >= 15 is 0 Å². The molecular formula is C15H19Cl2NO. The van der Waals surface area contributed by atoms with E-state index in [1.54, 1.807) is 6.92 Å². The van der Waals surface area contributed by atoms with Crippen molar-refractivity contribution in [3.05, 3.63) is 34.9 Å². The lowest BCUT2D eigenvalue weighted by Gasteiger charge is -2.20. The van der Waals surface area contributed by atoms with E-state index in [1.807, 2.05) is 20.8 Å². The number of nitrogens with one attached hydrogen (secondary N) is 1. The van der Waals surface area contributed by atoms with Crippen LogP contribution in [0.15, 0.2) is 18.2 Å². The predicted molar refractivity (Wildman–Crippen MR) is 79.6 cm³/mol. The minimum absolute atomic E-state index is 0.0473. The number of alkyl halides is 2. The van der Waals surface area contributed by atoms with Gasteiger partial charge in [0.1, 0.15) is 4.33 Å². The van der Waals surface area contributed by atoms with Gasteiger partial charge in [0.05, 0.1) is 11.5 Å². The van der Waals surface area contributed by atoms with Crippen LogP contribution in [0.5, 0.6) is 0 Å². The van der Waals surface area contributed by atoms with Crippen molar-refractivity contribution in [1.82, 2.24) is 5.32 Å². The Balaban J connectivity index is 2.12. The monoisotopic (exact) mass is 299 g/mol. The molecule has 4 heteroatoms. The number of carbonyl (C=O) groups excluding carboxylic acids is 1. The molecule has 19 heavy (non-hydrogen) atoms. The molecule has 0 heterocycles. The van der Waals surface area contributed by atoms with Crippen LogP contribution in [0.25, 0.3) is 0 Å². The summed E-state index contributed by atoms with van der Waals surface area (Å²) in [6.45, 7) is 7.87. The summed E-state index contributed by atoms with van der Waals surface area (Å²) in [6.07, 6.45) is 0.508. The molecule has 2 nitrogen and oxygen atoms in total. The maximum Gasteiger partial charge on any atom is 0.229 e. The molecule has 0 bridgehead atoms. The van der Waals surface area contributed by atoms with E-state index in [2.05, 4.69) is 23.5 Å². The van der Waals surface area contributed by atoms with Gasteiger partial charge in [0, 0.05) is 0 Å². The highest BCUT2D eigenvalue weighted by Gasteiger charge is 2.67. The minimum atomic E-state index is -0.918. The Kier molecular flexibility index (Phi) is 3.61. The summed E-state index contributed by atoms with van der Waals surface area (Å²) >= 11 is 12.1. The maximum atomic E-state index is 12.2. The zero-order valence-electron chi connectivity index (χ0n) is 11.7. The molecular weight excluding hydrogens is 281 g/mol. The molecule has 1 aliphatic carbocycles. The van der Waals surface area contributed by atoms with Crippen molar-refractivity contribution in [2.24, 2.45) is 5.41 Å². The van der Waals surface area contributed by atoms with E-state index < -0.39 is 9.75 Å². The van der Waals surface area contributed by atoms with Crippen molar-refractivity contribution in [2.75, 3.05) is 0 Å². The van der Waals surface area contributed by atoms with Gasteiger partial charge >= 0.3 is 0 Å². The average Bonchev–Trinajstić information content (AvgIpc) is 2.83. The lowest BCUT2D eigenvalue weighted by atomic mass is 9.99. The quantitative estimate of drug-likeness (QED) is 0.838. The standard InChI is InChI=1S/C15H19Cl2NO/c1-9-5-6-10(2)12(7-9)11(3)18-13(19)14(4)8-15(14,16)17/h5-7,11H,8H2,1-4H3,(H,18,19)/t11-,14-/m0/s1. The lowest BCUT2D eigenvalue weighted by Crippen LogP contribution is -2.35. The fourth-order valence-corrected chi connectivity index (χ4v) is 3.01. The SMILES string of the molecule is Cc1ccc(C)c([C@H](C)NC(=O)[C@]2(C)CC2(Cl)Cl)c1. The van der Waals surface area contributed by atoms with Crippen LogP contribution >= 0.6 is 23.2 Å². The van der Waals surface area contributed by atoms with E-state index in [4.69, 9.17) is 23.2 Å². The van der Waals surface area contributed by atoms with Gasteiger partial charge in [-0.25, -0.2) is 0 Å². The number of carbonyl (C=O) groups is 1. The summed E-state index contributed by atoms with van der Waals surface area (Å²) in [5.74, 6) is -0.0779. The summed E-state index contributed by atoms with van der Waals surface area (Å²) < 4.78 is -0.918. The number of aryl methyl sites for hydroxylation is 2. The first-order chi connectivity index (χ1) is 8.67. The van der Waals surface area contributed by atoms with Crippen LogP contribution in [0.1, 0.15) is 43.0 Å². The van der Waals surface area contributed by atoms with Crippen molar-refractivity contribution >= 4 is 29.1 Å². The Hall–Kier alpha value is -0.730. The molecule has 0 unspecified atom stereocenters. The van der Waals surface area contributed by atoms with Crippen molar-refractivity contribution in [2.45, 2.75) is 44.5 Å². The van der Waals surface area contributed by atoms with E-state index in [0.29, 0.717) is 6.42 Å². The molecule has 2 rings (SSSR count). The second-order valence-electron chi connectivity index (χ2n) is 5.77. The van der Waals surface area contributed by atoms with Crippen LogP contribution in [0.3, 0.4) is 0 Å². The Bertz CT molecular complexity index is 527. The average molecular weight is 300 g/mol. The second kappa shape index (κ2) is 4.68. The van der Waals surface area contributed by atoms with Gasteiger partial charge in [-0.1, -0.05) is 23.8 Å². The van der Waals surface area contributed by atoms with E-state index in [0.717, 1.165) is 5.56 Å². The van der Waals surface area contributed by atoms with Crippen LogP contribution in [0, 0.1) is 19.3 Å². The highest BCUT2D eigenvalue weighted by atomic mass is 35.5. The number of amides is 1. The highest BCUT2D eigenvalue weighted by molar-refractivity contribution is 6.53. The number of hydrogen-bond acceptors (Lipinski definition) is 1. The molecule has 2 atom stereocenters. The van der Waals surface area contributed by atoms with Gasteiger partial charge in [-0.3, -0.25) is 4.79 Å². The van der Waals surface area contributed by atoms with Gasteiger partial charge in [-0.05, 0) is 45.2 Å². The third kappa shape index (κ3) is 2.61. The first kappa shape index (κ1) is 14.7. The highest BCUT2D eigenvalue weighted by Crippen LogP contribution is 2.63. The summed E-state index contributed by atoms with van der Waals surface area (Å²) in [5, 5.41) is 3.01. The molecule has 0 aliphatic heterocycles. The maximum absolute atomic E-state index is 12.2. The topological polar surface area (TPSA) is 29.1 Å². The summed E-state index contributed by atoms with van der Waals surface area (Å²) in [4.78, 5) is 12.2. The summed E-state index contributed by atoms with van der Waals surface area (Å²) in [5.41, 5.74) is 2.82. The number of halogens is 2. The fraction of sp³-hybridized carbons (Fsp3) is 0.533. The zero-order valence-corrected chi connectivity index (χ0v) is 13.2. The van der Waals surface area contributed by atoms with Crippen LogP contribution in [-0.4, -0.2) is 10.2 Å². The molecule has 1 aliphatic rings. The van der Waals surface area contributed by atoms with Crippen molar-refractivity contribution in [3.8, 4) is 0 Å². The smallest absolute Gasteiger partial charge is 0.229 e. The Morgan fingerprint density at radius 3 is 2.47 bits per heavy atom. The molecule has 1 fully saturated rings. The van der Waals surface area contributed by atoms with E-state index in [-0.39, 0.29) is 11.9 Å². The molecule has 1 aromatic carbocycles. The van der Waals surface area contributed by atoms with Gasteiger partial charge < -0.3 is 5.32 Å². The Morgan fingerprint density at radius 1 is 1.37 bits per heavy atom. The van der Waals surface area contributed by atoms with Crippen molar-refractivity contribution in [3.63, 3.8) is 0 Å². The fourth-order valence-electron chi connectivity index (χ4n) is 2.31. The molecule has 104 valence electrons. The van der Waals surface area contributed by atoms with Crippen LogP contribution < -0.4 is 5.32 Å². The van der Waals surface area contributed by atoms with Gasteiger partial charge in [-0.2, -0.15) is 0 Å². The molecule has 0 saturated heterocycles. The molecule has 1 amide bonds. The van der Waals surface area contributed by atoms with Gasteiger partial charge in [0.2, 0.25) is 5.91 Å². The van der Waals surface area contributed by atoms with E-state index in [1.165, 1.54) is 11.1 Å². The number of benzene rings is 1. The van der Waals surface area contributed by atoms with Crippen LogP contribution in [-0.2, 0) is 4.79 Å². The second-order valence-corrected chi connectivity index (χ2v) is 7.25. The van der Waals surface area contributed by atoms with Crippen LogP contribution in [0.4, 0.5) is 0 Å². The van der Waals surface area contributed by atoms with Gasteiger partial charge in [-0.15, -0.1) is 23.2 Å². The first-order valence-electron chi connectivity index (χ1n) is 6.43.